The molecule has 1 unspecified atom stereocenters. The van der Waals surface area contributed by atoms with Crippen molar-refractivity contribution < 1.29 is 0 Å². The first-order valence-electron chi connectivity index (χ1n) is 5.79. The van der Waals surface area contributed by atoms with E-state index in [0.717, 1.165) is 11.1 Å². The minimum absolute atomic E-state index is 0.0900. The molecule has 86 valence electrons. The van der Waals surface area contributed by atoms with Crippen LogP contribution in [0.1, 0.15) is 24.1 Å². The first kappa shape index (κ1) is 11.6. The van der Waals surface area contributed by atoms with Crippen LogP contribution < -0.4 is 5.73 Å². The molecule has 2 rings (SSSR count). The first-order valence-corrected chi connectivity index (χ1v) is 5.79. The van der Waals surface area contributed by atoms with Crippen LogP contribution in [0.3, 0.4) is 0 Å². The fourth-order valence-electron chi connectivity index (χ4n) is 1.79. The molecule has 0 aliphatic carbocycles. The van der Waals surface area contributed by atoms with Gasteiger partial charge in [-0.05, 0) is 29.2 Å². The predicted octanol–water partition coefficient (Wildman–Crippen LogP) is 4.02. The van der Waals surface area contributed by atoms with Crippen molar-refractivity contribution in [3.05, 3.63) is 66.2 Å². The zero-order valence-corrected chi connectivity index (χ0v) is 10.1. The molecule has 1 atom stereocenters. The molecule has 2 aromatic rings. The maximum Gasteiger partial charge on any atom is 0.0266 e. The Morgan fingerprint density at radius 2 is 1.41 bits per heavy atom. The van der Waals surface area contributed by atoms with Crippen molar-refractivity contribution in [2.45, 2.75) is 13.0 Å². The second-order valence-electron chi connectivity index (χ2n) is 4.24. The van der Waals surface area contributed by atoms with E-state index in [1.54, 1.807) is 0 Å². The van der Waals surface area contributed by atoms with Crippen molar-refractivity contribution in [1.29, 1.82) is 0 Å². The second-order valence-corrected chi connectivity index (χ2v) is 4.24. The number of nitrogens with two attached hydrogens (primary N) is 1. The Bertz CT molecular complexity index is 492. The highest BCUT2D eigenvalue weighted by Crippen LogP contribution is 2.22. The highest BCUT2D eigenvalue weighted by atomic mass is 14.6. The van der Waals surface area contributed by atoms with Gasteiger partial charge < -0.3 is 5.73 Å². The van der Waals surface area contributed by atoms with E-state index in [-0.39, 0.29) is 6.04 Å². The summed E-state index contributed by atoms with van der Waals surface area (Å²) in [5.41, 5.74) is 10.6. The van der Waals surface area contributed by atoms with E-state index in [0.29, 0.717) is 0 Å². The summed E-state index contributed by atoms with van der Waals surface area (Å²) in [7, 11) is 0. The van der Waals surface area contributed by atoms with Gasteiger partial charge in [-0.15, -0.1) is 0 Å². The number of benzene rings is 2. The van der Waals surface area contributed by atoms with Gasteiger partial charge in [0.25, 0.3) is 0 Å². The highest BCUT2D eigenvalue weighted by molar-refractivity contribution is 5.65. The van der Waals surface area contributed by atoms with E-state index in [4.69, 9.17) is 5.73 Å². The van der Waals surface area contributed by atoms with Crippen molar-refractivity contribution in [1.82, 2.24) is 0 Å². The SMILES string of the molecule is C=Cc1ccc(-c2ccc(C(C)N)cc2)cc1. The van der Waals surface area contributed by atoms with Crippen LogP contribution in [-0.4, -0.2) is 0 Å². The standard InChI is InChI=1S/C16H17N/c1-3-13-4-6-15(7-5-13)16-10-8-14(9-11-16)12(2)17/h3-12H,1,17H2,2H3. The largest absolute Gasteiger partial charge is 0.324 e. The number of hydrogen-bond acceptors (Lipinski definition) is 1. The summed E-state index contributed by atoms with van der Waals surface area (Å²) in [5, 5.41) is 0. The molecule has 1 heteroatoms. The van der Waals surface area contributed by atoms with E-state index in [1.807, 2.05) is 13.0 Å². The molecular formula is C16H17N. The first-order chi connectivity index (χ1) is 8.20. The summed E-state index contributed by atoms with van der Waals surface area (Å²) in [4.78, 5) is 0. The maximum atomic E-state index is 5.83. The number of hydrogen-bond donors (Lipinski definition) is 1. The lowest BCUT2D eigenvalue weighted by atomic mass is 10.0. The molecule has 1 nitrogen and oxygen atoms in total. The van der Waals surface area contributed by atoms with Crippen LogP contribution in [0.4, 0.5) is 0 Å². The van der Waals surface area contributed by atoms with Gasteiger partial charge >= 0.3 is 0 Å². The fourth-order valence-corrected chi connectivity index (χ4v) is 1.79. The maximum absolute atomic E-state index is 5.83. The molecule has 0 fully saturated rings. The second kappa shape index (κ2) is 4.98. The smallest absolute Gasteiger partial charge is 0.0266 e. The van der Waals surface area contributed by atoms with Gasteiger partial charge in [-0.3, -0.25) is 0 Å². The van der Waals surface area contributed by atoms with Crippen molar-refractivity contribution in [3.63, 3.8) is 0 Å². The Morgan fingerprint density at radius 3 is 1.82 bits per heavy atom. The van der Waals surface area contributed by atoms with E-state index >= 15 is 0 Å². The molecule has 2 aromatic carbocycles. The Kier molecular flexibility index (Phi) is 3.40. The van der Waals surface area contributed by atoms with E-state index in [1.165, 1.54) is 11.1 Å². The van der Waals surface area contributed by atoms with Crippen LogP contribution in [0.15, 0.2) is 55.1 Å². The van der Waals surface area contributed by atoms with E-state index in [9.17, 15) is 0 Å². The summed E-state index contributed by atoms with van der Waals surface area (Å²) < 4.78 is 0. The van der Waals surface area contributed by atoms with E-state index in [2.05, 4.69) is 55.1 Å². The number of rotatable bonds is 3. The minimum atomic E-state index is 0.0900. The lowest BCUT2D eigenvalue weighted by Crippen LogP contribution is -2.04. The Hall–Kier alpha value is -1.86. The van der Waals surface area contributed by atoms with Crippen molar-refractivity contribution in [2.24, 2.45) is 5.73 Å². The third-order valence-corrected chi connectivity index (χ3v) is 2.92. The van der Waals surface area contributed by atoms with Gasteiger partial charge in [0.05, 0.1) is 0 Å². The predicted molar refractivity (Wildman–Crippen MR) is 74.6 cm³/mol. The zero-order valence-electron chi connectivity index (χ0n) is 10.1. The Balaban J connectivity index is 2.29. The van der Waals surface area contributed by atoms with Crippen LogP contribution in [0, 0.1) is 0 Å². The molecule has 17 heavy (non-hydrogen) atoms. The van der Waals surface area contributed by atoms with Gasteiger partial charge in [0.15, 0.2) is 0 Å². The Labute approximate surface area is 103 Å². The fraction of sp³-hybridized carbons (Fsp3) is 0.125. The van der Waals surface area contributed by atoms with Crippen LogP contribution >= 0.6 is 0 Å². The van der Waals surface area contributed by atoms with Gasteiger partial charge in [0.1, 0.15) is 0 Å². The normalized spacial score (nSPS) is 12.1. The summed E-state index contributed by atoms with van der Waals surface area (Å²) in [6.45, 7) is 5.74. The summed E-state index contributed by atoms with van der Waals surface area (Å²) in [5.74, 6) is 0. The molecule has 2 N–H and O–H groups in total. The molecule has 0 spiro atoms. The summed E-state index contributed by atoms with van der Waals surface area (Å²) in [6, 6.07) is 16.8. The molecule has 0 saturated carbocycles. The molecule has 0 bridgehead atoms. The summed E-state index contributed by atoms with van der Waals surface area (Å²) >= 11 is 0. The Morgan fingerprint density at radius 1 is 0.941 bits per heavy atom. The average molecular weight is 223 g/mol. The van der Waals surface area contributed by atoms with Crippen molar-refractivity contribution in [3.8, 4) is 11.1 Å². The van der Waals surface area contributed by atoms with Crippen molar-refractivity contribution >= 4 is 6.08 Å². The van der Waals surface area contributed by atoms with Gasteiger partial charge in [0.2, 0.25) is 0 Å². The molecule has 0 heterocycles. The summed E-state index contributed by atoms with van der Waals surface area (Å²) in [6.07, 6.45) is 1.85. The van der Waals surface area contributed by atoms with Crippen LogP contribution in [0.2, 0.25) is 0 Å². The highest BCUT2D eigenvalue weighted by Gasteiger charge is 2.00. The average Bonchev–Trinajstić information content (AvgIpc) is 2.39. The molecule has 0 aromatic heterocycles. The molecule has 0 amide bonds. The van der Waals surface area contributed by atoms with Crippen LogP contribution in [0.25, 0.3) is 17.2 Å². The quantitative estimate of drug-likeness (QED) is 0.835. The molecular weight excluding hydrogens is 206 g/mol. The lowest BCUT2D eigenvalue weighted by molar-refractivity contribution is 0.818. The molecule has 0 aliphatic heterocycles. The van der Waals surface area contributed by atoms with Gasteiger partial charge in [-0.2, -0.15) is 0 Å². The van der Waals surface area contributed by atoms with Crippen LogP contribution in [0.5, 0.6) is 0 Å². The molecule has 0 radical (unpaired) electrons. The van der Waals surface area contributed by atoms with Gasteiger partial charge in [0, 0.05) is 6.04 Å². The van der Waals surface area contributed by atoms with Gasteiger partial charge in [-0.25, -0.2) is 0 Å². The van der Waals surface area contributed by atoms with Crippen LogP contribution in [-0.2, 0) is 0 Å². The zero-order chi connectivity index (χ0) is 12.3. The van der Waals surface area contributed by atoms with Crippen molar-refractivity contribution in [2.75, 3.05) is 0 Å². The monoisotopic (exact) mass is 223 g/mol. The minimum Gasteiger partial charge on any atom is -0.324 e. The van der Waals surface area contributed by atoms with Gasteiger partial charge in [-0.1, -0.05) is 61.2 Å². The topological polar surface area (TPSA) is 26.0 Å². The third kappa shape index (κ3) is 2.63. The lowest BCUT2D eigenvalue weighted by Gasteiger charge is -2.07. The molecule has 0 saturated heterocycles. The molecule has 0 aliphatic rings. The van der Waals surface area contributed by atoms with E-state index < -0.39 is 0 Å². The third-order valence-electron chi connectivity index (χ3n) is 2.92.